The van der Waals surface area contributed by atoms with Gasteiger partial charge in [-0.25, -0.2) is 9.69 Å². The topological polar surface area (TPSA) is 49.4 Å². The molecule has 0 radical (unpaired) electrons. The van der Waals surface area contributed by atoms with Crippen LogP contribution in [0.3, 0.4) is 0 Å². The van der Waals surface area contributed by atoms with Crippen molar-refractivity contribution in [2.45, 2.75) is 6.30 Å². The second-order valence-electron chi connectivity index (χ2n) is 2.99. The van der Waals surface area contributed by atoms with Gasteiger partial charge in [-0.1, -0.05) is 18.2 Å². The summed E-state index contributed by atoms with van der Waals surface area (Å²) in [5.41, 5.74) is -0.316. The monoisotopic (exact) mass is 246 g/mol. The zero-order valence-corrected chi connectivity index (χ0v) is 8.57. The van der Waals surface area contributed by atoms with E-state index in [1.165, 1.54) is 18.2 Å². The van der Waals surface area contributed by atoms with Crippen molar-refractivity contribution >= 4 is 18.0 Å². The minimum absolute atomic E-state index is 0.303. The van der Waals surface area contributed by atoms with Crippen LogP contribution in [0.1, 0.15) is 0 Å². The standard InChI is InChI=1S/C10H9F3N2O2/c11-10(12,13)15(9(17)14-6-7-16)8-4-2-1-3-5-8/h1-5,7H,6H2,(H,14,17). The van der Waals surface area contributed by atoms with E-state index in [2.05, 4.69) is 0 Å². The molecule has 0 saturated carbocycles. The highest BCUT2D eigenvalue weighted by atomic mass is 19.4. The van der Waals surface area contributed by atoms with E-state index in [0.717, 1.165) is 12.1 Å². The van der Waals surface area contributed by atoms with Gasteiger partial charge in [0.1, 0.15) is 6.29 Å². The lowest BCUT2D eigenvalue weighted by Crippen LogP contribution is -2.49. The molecule has 1 rings (SSSR count). The van der Waals surface area contributed by atoms with Crippen LogP contribution in [0, 0.1) is 0 Å². The third kappa shape index (κ3) is 3.47. The molecule has 17 heavy (non-hydrogen) atoms. The zero-order valence-electron chi connectivity index (χ0n) is 8.57. The molecule has 0 atom stereocenters. The van der Waals surface area contributed by atoms with Gasteiger partial charge in [-0.3, -0.25) is 0 Å². The predicted octanol–water partition coefficient (Wildman–Crippen LogP) is 1.92. The van der Waals surface area contributed by atoms with Crippen LogP contribution in [0.15, 0.2) is 30.3 Å². The van der Waals surface area contributed by atoms with E-state index in [1.807, 2.05) is 5.32 Å². The molecular formula is C10H9F3N2O2. The molecule has 7 heteroatoms. The maximum Gasteiger partial charge on any atom is 0.493 e. The van der Waals surface area contributed by atoms with Crippen LogP contribution >= 0.6 is 0 Å². The number of hydrogen-bond donors (Lipinski definition) is 1. The molecule has 4 nitrogen and oxygen atoms in total. The van der Waals surface area contributed by atoms with Crippen LogP contribution in [0.5, 0.6) is 0 Å². The minimum atomic E-state index is -4.85. The van der Waals surface area contributed by atoms with Crippen LogP contribution in [0.4, 0.5) is 23.7 Å². The summed E-state index contributed by atoms with van der Waals surface area (Å²) in [7, 11) is 0. The summed E-state index contributed by atoms with van der Waals surface area (Å²) in [5.74, 6) is 0. The number of carbonyl (C=O) groups is 2. The number of nitrogens with zero attached hydrogens (tertiary/aromatic N) is 1. The van der Waals surface area contributed by atoms with E-state index in [0.29, 0.717) is 6.29 Å². The highest BCUT2D eigenvalue weighted by molar-refractivity contribution is 5.93. The Morgan fingerprint density at radius 3 is 2.35 bits per heavy atom. The summed E-state index contributed by atoms with van der Waals surface area (Å²) in [6.07, 6.45) is -4.55. The molecule has 0 spiro atoms. The first kappa shape index (κ1) is 13.0. The van der Waals surface area contributed by atoms with Crippen molar-refractivity contribution in [1.82, 2.24) is 5.32 Å². The number of halogens is 3. The van der Waals surface area contributed by atoms with Gasteiger partial charge in [0.05, 0.1) is 12.2 Å². The van der Waals surface area contributed by atoms with E-state index in [-0.39, 0.29) is 10.6 Å². The maximum absolute atomic E-state index is 12.7. The highest BCUT2D eigenvalue weighted by Crippen LogP contribution is 2.28. The first-order valence-electron chi connectivity index (χ1n) is 4.60. The smallest absolute Gasteiger partial charge is 0.331 e. The van der Waals surface area contributed by atoms with E-state index in [4.69, 9.17) is 0 Å². The summed E-state index contributed by atoms with van der Waals surface area (Å²) in [5, 5.41) is 1.84. The van der Waals surface area contributed by atoms with Gasteiger partial charge in [0, 0.05) is 0 Å². The Labute approximate surface area is 95.0 Å². The summed E-state index contributed by atoms with van der Waals surface area (Å²) in [4.78, 5) is 20.9. The third-order valence-electron chi connectivity index (χ3n) is 1.81. The number of hydrogen-bond acceptors (Lipinski definition) is 2. The van der Waals surface area contributed by atoms with E-state index >= 15 is 0 Å². The Bertz CT molecular complexity index is 392. The number of alkyl halides is 3. The molecule has 0 unspecified atom stereocenters. The number of nitrogens with one attached hydrogen (secondary N) is 1. The quantitative estimate of drug-likeness (QED) is 0.654. The Balaban J connectivity index is 2.97. The molecule has 1 aromatic carbocycles. The SMILES string of the molecule is O=CCNC(=O)N(c1ccccc1)C(F)(F)F. The molecule has 2 amide bonds. The van der Waals surface area contributed by atoms with Gasteiger partial charge in [0.2, 0.25) is 0 Å². The fourth-order valence-corrected chi connectivity index (χ4v) is 1.16. The van der Waals surface area contributed by atoms with Gasteiger partial charge >= 0.3 is 12.3 Å². The first-order valence-corrected chi connectivity index (χ1v) is 4.60. The average Bonchev–Trinajstić information content (AvgIpc) is 2.26. The highest BCUT2D eigenvalue weighted by Gasteiger charge is 2.42. The van der Waals surface area contributed by atoms with Crippen molar-refractivity contribution < 1.29 is 22.8 Å². The third-order valence-corrected chi connectivity index (χ3v) is 1.81. The molecule has 92 valence electrons. The number of amides is 2. The molecule has 0 fully saturated rings. The summed E-state index contributed by atoms with van der Waals surface area (Å²) in [6.45, 7) is -0.474. The molecule has 0 aliphatic heterocycles. The van der Waals surface area contributed by atoms with Gasteiger partial charge in [-0.15, -0.1) is 13.2 Å². The van der Waals surface area contributed by atoms with Crippen LogP contribution in [0.25, 0.3) is 0 Å². The molecule has 0 bridgehead atoms. The Morgan fingerprint density at radius 1 is 1.29 bits per heavy atom. The van der Waals surface area contributed by atoms with E-state index in [1.54, 1.807) is 0 Å². The number of anilines is 1. The maximum atomic E-state index is 12.7. The summed E-state index contributed by atoms with van der Waals surface area (Å²) in [6, 6.07) is 5.18. The lowest BCUT2D eigenvalue weighted by atomic mass is 10.3. The molecule has 1 N–H and O–H groups in total. The molecule has 0 aromatic heterocycles. The number of urea groups is 1. The molecular weight excluding hydrogens is 237 g/mol. The molecule has 0 saturated heterocycles. The van der Waals surface area contributed by atoms with Crippen LogP contribution in [-0.4, -0.2) is 25.2 Å². The molecule has 0 aliphatic rings. The minimum Gasteiger partial charge on any atom is -0.331 e. The Kier molecular flexibility index (Phi) is 4.08. The molecule has 0 aliphatic carbocycles. The number of aldehydes is 1. The number of benzene rings is 1. The van der Waals surface area contributed by atoms with Crippen molar-refractivity contribution in [2.24, 2.45) is 0 Å². The second kappa shape index (κ2) is 5.33. The fourth-order valence-electron chi connectivity index (χ4n) is 1.16. The van der Waals surface area contributed by atoms with Crippen molar-refractivity contribution in [1.29, 1.82) is 0 Å². The lowest BCUT2D eigenvalue weighted by molar-refractivity contribution is -0.121. The van der Waals surface area contributed by atoms with Crippen molar-refractivity contribution in [3.63, 3.8) is 0 Å². The number of para-hydroxylation sites is 1. The van der Waals surface area contributed by atoms with Gasteiger partial charge in [-0.2, -0.15) is 0 Å². The summed E-state index contributed by atoms with van der Waals surface area (Å²) >= 11 is 0. The Hall–Kier alpha value is -2.05. The van der Waals surface area contributed by atoms with Gasteiger partial charge < -0.3 is 10.1 Å². The first-order chi connectivity index (χ1) is 7.96. The van der Waals surface area contributed by atoms with Crippen molar-refractivity contribution in [3.05, 3.63) is 30.3 Å². The van der Waals surface area contributed by atoms with Crippen LogP contribution < -0.4 is 10.2 Å². The van der Waals surface area contributed by atoms with Crippen LogP contribution in [0.2, 0.25) is 0 Å². The van der Waals surface area contributed by atoms with Gasteiger partial charge in [0.25, 0.3) is 0 Å². The number of carbonyl (C=O) groups excluding carboxylic acids is 2. The summed E-state index contributed by atoms with van der Waals surface area (Å²) < 4.78 is 38.0. The van der Waals surface area contributed by atoms with Gasteiger partial charge in [0.15, 0.2) is 0 Å². The largest absolute Gasteiger partial charge is 0.493 e. The van der Waals surface area contributed by atoms with Gasteiger partial charge in [-0.05, 0) is 12.1 Å². The van der Waals surface area contributed by atoms with Crippen LogP contribution in [-0.2, 0) is 4.79 Å². The predicted molar refractivity (Wildman–Crippen MR) is 54.4 cm³/mol. The lowest BCUT2D eigenvalue weighted by Gasteiger charge is -2.24. The second-order valence-corrected chi connectivity index (χ2v) is 2.99. The van der Waals surface area contributed by atoms with Crippen molar-refractivity contribution in [3.8, 4) is 0 Å². The number of rotatable bonds is 3. The average molecular weight is 246 g/mol. The fraction of sp³-hybridized carbons (Fsp3) is 0.200. The molecule has 1 aromatic rings. The van der Waals surface area contributed by atoms with E-state index < -0.39 is 18.9 Å². The van der Waals surface area contributed by atoms with Crippen molar-refractivity contribution in [2.75, 3.05) is 11.4 Å². The molecule has 0 heterocycles. The normalized spacial score (nSPS) is 10.8. The zero-order chi connectivity index (χ0) is 12.9. The Morgan fingerprint density at radius 2 is 1.88 bits per heavy atom. The van der Waals surface area contributed by atoms with E-state index in [9.17, 15) is 22.8 Å².